The minimum atomic E-state index is 0.0984. The molecule has 0 spiro atoms. The highest BCUT2D eigenvalue weighted by molar-refractivity contribution is 4.82. The summed E-state index contributed by atoms with van der Waals surface area (Å²) in [6, 6.07) is 0. The van der Waals surface area contributed by atoms with Gasteiger partial charge in [-0.15, -0.1) is 6.58 Å². The lowest BCUT2D eigenvalue weighted by Gasteiger charge is -2.23. The maximum Gasteiger partial charge on any atom is 0.0779 e. The molecule has 1 saturated heterocycles. The maximum absolute atomic E-state index is 5.63. The van der Waals surface area contributed by atoms with Crippen molar-refractivity contribution in [2.75, 3.05) is 19.7 Å². The molecule has 2 heteroatoms. The van der Waals surface area contributed by atoms with Crippen LogP contribution in [0, 0.1) is 0 Å². The first kappa shape index (κ1) is 9.75. The molecule has 0 aliphatic carbocycles. The third-order valence-electron chi connectivity index (χ3n) is 2.32. The van der Waals surface area contributed by atoms with Crippen molar-refractivity contribution < 1.29 is 4.74 Å². The van der Waals surface area contributed by atoms with E-state index in [1.807, 2.05) is 6.08 Å². The molecular weight excluding hydrogens is 150 g/mol. The molecule has 0 bridgehead atoms. The summed E-state index contributed by atoms with van der Waals surface area (Å²) in [5.41, 5.74) is 0.0984. The van der Waals surface area contributed by atoms with E-state index in [-0.39, 0.29) is 5.60 Å². The van der Waals surface area contributed by atoms with Crippen LogP contribution in [0.4, 0.5) is 0 Å². The van der Waals surface area contributed by atoms with E-state index in [0.29, 0.717) is 0 Å². The summed E-state index contributed by atoms with van der Waals surface area (Å²) in [7, 11) is 0. The third kappa shape index (κ3) is 2.95. The van der Waals surface area contributed by atoms with Gasteiger partial charge in [-0.2, -0.15) is 0 Å². The van der Waals surface area contributed by atoms with Gasteiger partial charge in [0.1, 0.15) is 0 Å². The summed E-state index contributed by atoms with van der Waals surface area (Å²) in [6.45, 7) is 8.78. The number of hydrogen-bond acceptors (Lipinski definition) is 2. The molecule has 0 amide bonds. The minimum absolute atomic E-state index is 0.0984. The number of hydrogen-bond donors (Lipinski definition) is 1. The summed E-state index contributed by atoms with van der Waals surface area (Å²) in [4.78, 5) is 0. The highest BCUT2D eigenvalue weighted by Gasteiger charge is 2.28. The van der Waals surface area contributed by atoms with Crippen molar-refractivity contribution >= 4 is 0 Å². The van der Waals surface area contributed by atoms with Crippen molar-refractivity contribution in [1.29, 1.82) is 0 Å². The predicted molar refractivity (Wildman–Crippen MR) is 51.3 cm³/mol. The smallest absolute Gasteiger partial charge is 0.0779 e. The van der Waals surface area contributed by atoms with Crippen LogP contribution in [0.2, 0.25) is 0 Å². The number of nitrogens with one attached hydrogen (secondary N) is 1. The molecule has 1 heterocycles. The molecule has 70 valence electrons. The van der Waals surface area contributed by atoms with Crippen LogP contribution < -0.4 is 5.32 Å². The van der Waals surface area contributed by atoms with Crippen molar-refractivity contribution in [3.8, 4) is 0 Å². The molecule has 0 aromatic rings. The first-order valence-electron chi connectivity index (χ1n) is 4.72. The zero-order valence-electron chi connectivity index (χ0n) is 7.94. The number of ether oxygens (including phenoxy) is 1. The molecule has 1 atom stereocenters. The van der Waals surface area contributed by atoms with Gasteiger partial charge in [-0.3, -0.25) is 0 Å². The molecule has 1 rings (SSSR count). The fourth-order valence-corrected chi connectivity index (χ4v) is 1.53. The topological polar surface area (TPSA) is 21.3 Å². The monoisotopic (exact) mass is 169 g/mol. The van der Waals surface area contributed by atoms with Crippen LogP contribution >= 0.6 is 0 Å². The van der Waals surface area contributed by atoms with Gasteiger partial charge >= 0.3 is 0 Å². The van der Waals surface area contributed by atoms with Gasteiger partial charge in [-0.05, 0) is 32.7 Å². The summed E-state index contributed by atoms with van der Waals surface area (Å²) in [5, 5.41) is 3.37. The van der Waals surface area contributed by atoms with Gasteiger partial charge in [0.05, 0.1) is 5.60 Å². The third-order valence-corrected chi connectivity index (χ3v) is 2.32. The molecule has 0 radical (unpaired) electrons. The average Bonchev–Trinajstić information content (AvgIpc) is 2.47. The van der Waals surface area contributed by atoms with Crippen LogP contribution in [0.5, 0.6) is 0 Å². The SMILES string of the molecule is C=CCCNCC1(C)CCCO1. The van der Waals surface area contributed by atoms with Gasteiger partial charge in [0, 0.05) is 13.2 Å². The Morgan fingerprint density at radius 2 is 2.50 bits per heavy atom. The second kappa shape index (κ2) is 4.63. The standard InChI is InChI=1S/C10H19NO/c1-3-4-7-11-9-10(2)6-5-8-12-10/h3,11H,1,4-9H2,2H3. The average molecular weight is 169 g/mol. The Morgan fingerprint density at radius 1 is 1.67 bits per heavy atom. The van der Waals surface area contributed by atoms with Crippen molar-refractivity contribution in [2.24, 2.45) is 0 Å². The molecule has 0 saturated carbocycles. The van der Waals surface area contributed by atoms with Crippen molar-refractivity contribution in [1.82, 2.24) is 5.32 Å². The molecule has 1 aliphatic heterocycles. The van der Waals surface area contributed by atoms with Gasteiger partial charge < -0.3 is 10.1 Å². The largest absolute Gasteiger partial charge is 0.374 e. The zero-order chi connectivity index (χ0) is 8.86. The van der Waals surface area contributed by atoms with E-state index in [1.54, 1.807) is 0 Å². The van der Waals surface area contributed by atoms with Gasteiger partial charge in [0.25, 0.3) is 0 Å². The van der Waals surface area contributed by atoms with Gasteiger partial charge in [-0.1, -0.05) is 6.08 Å². The Hall–Kier alpha value is -0.340. The van der Waals surface area contributed by atoms with Crippen LogP contribution in [0.1, 0.15) is 26.2 Å². The number of rotatable bonds is 5. The van der Waals surface area contributed by atoms with E-state index in [1.165, 1.54) is 12.8 Å². The Kier molecular flexibility index (Phi) is 3.76. The summed E-state index contributed by atoms with van der Waals surface area (Å²) < 4.78 is 5.63. The molecule has 0 aromatic carbocycles. The van der Waals surface area contributed by atoms with E-state index >= 15 is 0 Å². The van der Waals surface area contributed by atoms with Gasteiger partial charge in [0.2, 0.25) is 0 Å². The van der Waals surface area contributed by atoms with E-state index in [2.05, 4.69) is 18.8 Å². The molecule has 12 heavy (non-hydrogen) atoms. The van der Waals surface area contributed by atoms with Crippen molar-refractivity contribution in [3.63, 3.8) is 0 Å². The molecular formula is C10H19NO. The maximum atomic E-state index is 5.63. The lowest BCUT2D eigenvalue weighted by molar-refractivity contribution is 0.0212. The normalized spacial score (nSPS) is 29.1. The van der Waals surface area contributed by atoms with E-state index in [9.17, 15) is 0 Å². The Morgan fingerprint density at radius 3 is 3.08 bits per heavy atom. The molecule has 1 N–H and O–H groups in total. The second-order valence-electron chi connectivity index (χ2n) is 3.66. The molecule has 1 unspecified atom stereocenters. The molecule has 2 nitrogen and oxygen atoms in total. The first-order valence-corrected chi connectivity index (χ1v) is 4.72. The van der Waals surface area contributed by atoms with Gasteiger partial charge in [0.15, 0.2) is 0 Å². The summed E-state index contributed by atoms with van der Waals surface area (Å²) >= 11 is 0. The zero-order valence-corrected chi connectivity index (χ0v) is 7.94. The van der Waals surface area contributed by atoms with Crippen LogP contribution in [0.3, 0.4) is 0 Å². The van der Waals surface area contributed by atoms with Crippen LogP contribution in [0.25, 0.3) is 0 Å². The first-order chi connectivity index (χ1) is 5.77. The Balaban J connectivity index is 2.08. The van der Waals surface area contributed by atoms with Crippen LogP contribution in [0.15, 0.2) is 12.7 Å². The van der Waals surface area contributed by atoms with Crippen molar-refractivity contribution in [3.05, 3.63) is 12.7 Å². The van der Waals surface area contributed by atoms with E-state index in [0.717, 1.165) is 26.1 Å². The molecule has 1 aliphatic rings. The van der Waals surface area contributed by atoms with Crippen molar-refractivity contribution in [2.45, 2.75) is 31.8 Å². The lowest BCUT2D eigenvalue weighted by atomic mass is 10.0. The Labute approximate surface area is 75.0 Å². The van der Waals surface area contributed by atoms with E-state index < -0.39 is 0 Å². The summed E-state index contributed by atoms with van der Waals surface area (Å²) in [6.07, 6.45) is 5.37. The van der Waals surface area contributed by atoms with Crippen LogP contribution in [-0.2, 0) is 4.74 Å². The van der Waals surface area contributed by atoms with E-state index in [4.69, 9.17) is 4.74 Å². The highest BCUT2D eigenvalue weighted by Crippen LogP contribution is 2.23. The quantitative estimate of drug-likeness (QED) is 0.500. The fraction of sp³-hybridized carbons (Fsp3) is 0.800. The predicted octanol–water partition coefficient (Wildman–Crippen LogP) is 1.72. The Bertz CT molecular complexity index is 139. The molecule has 1 fully saturated rings. The highest BCUT2D eigenvalue weighted by atomic mass is 16.5. The van der Waals surface area contributed by atoms with Gasteiger partial charge in [-0.25, -0.2) is 0 Å². The molecule has 0 aromatic heterocycles. The fourth-order valence-electron chi connectivity index (χ4n) is 1.53. The summed E-state index contributed by atoms with van der Waals surface area (Å²) in [5.74, 6) is 0. The van der Waals surface area contributed by atoms with Crippen LogP contribution in [-0.4, -0.2) is 25.3 Å². The second-order valence-corrected chi connectivity index (χ2v) is 3.66. The lowest BCUT2D eigenvalue weighted by Crippen LogP contribution is -2.37. The minimum Gasteiger partial charge on any atom is -0.374 e.